The van der Waals surface area contributed by atoms with Crippen LogP contribution in [0.1, 0.15) is 26.7 Å². The smallest absolute Gasteiger partial charge is 0.320 e. The lowest BCUT2D eigenvalue weighted by Crippen LogP contribution is -2.51. The number of anilines is 2. The summed E-state index contributed by atoms with van der Waals surface area (Å²) in [5, 5.41) is 3.88. The number of morpholine rings is 1. The Morgan fingerprint density at radius 2 is 2.05 bits per heavy atom. The Morgan fingerprint density at radius 1 is 1.21 bits per heavy atom. The lowest BCUT2D eigenvalue weighted by Gasteiger charge is -2.37. The molecule has 0 amide bonds. The van der Waals surface area contributed by atoms with Gasteiger partial charge in [0.2, 0.25) is 0 Å². The summed E-state index contributed by atoms with van der Waals surface area (Å²) in [6, 6.07) is 7.99. The van der Waals surface area contributed by atoms with Crippen LogP contribution in [0.25, 0.3) is 10.9 Å². The van der Waals surface area contributed by atoms with Gasteiger partial charge in [0.25, 0.3) is 0 Å². The van der Waals surface area contributed by atoms with Gasteiger partial charge in [0.1, 0.15) is 36.8 Å². The predicted octanol–water partition coefficient (Wildman–Crippen LogP) is 4.74. The van der Waals surface area contributed by atoms with Gasteiger partial charge in [-0.15, -0.1) is 0 Å². The number of halogens is 2. The SMILES string of the molecule is CC1(C)CN(CCOc2cc3c(Nc4ccc(F)c(Cl)c4)ncnc3cc2OC[C@@H]2CCCO2)CC(=O)O1. The van der Waals surface area contributed by atoms with Crippen LogP contribution in [0.3, 0.4) is 0 Å². The molecule has 0 aliphatic carbocycles. The first-order valence-electron chi connectivity index (χ1n) is 12.6. The summed E-state index contributed by atoms with van der Waals surface area (Å²) in [4.78, 5) is 22.8. The van der Waals surface area contributed by atoms with E-state index in [-0.39, 0.29) is 23.6 Å². The van der Waals surface area contributed by atoms with E-state index in [1.165, 1.54) is 18.5 Å². The molecule has 2 aromatic carbocycles. The van der Waals surface area contributed by atoms with Crippen molar-refractivity contribution in [2.45, 2.75) is 38.4 Å². The highest BCUT2D eigenvalue weighted by molar-refractivity contribution is 6.31. The van der Waals surface area contributed by atoms with Crippen LogP contribution in [0, 0.1) is 5.82 Å². The Kier molecular flexibility index (Phi) is 7.83. The molecule has 0 saturated carbocycles. The van der Waals surface area contributed by atoms with Crippen LogP contribution in [0.15, 0.2) is 36.7 Å². The third kappa shape index (κ3) is 6.43. The first kappa shape index (κ1) is 26.4. The number of nitrogens with one attached hydrogen (secondary N) is 1. The zero-order valence-electron chi connectivity index (χ0n) is 21.3. The molecule has 3 heterocycles. The van der Waals surface area contributed by atoms with Crippen molar-refractivity contribution in [3.63, 3.8) is 0 Å². The summed E-state index contributed by atoms with van der Waals surface area (Å²) >= 11 is 5.95. The van der Waals surface area contributed by atoms with Crippen molar-refractivity contribution < 1.29 is 28.1 Å². The molecule has 3 aromatic rings. The van der Waals surface area contributed by atoms with Crippen LogP contribution >= 0.6 is 11.6 Å². The van der Waals surface area contributed by atoms with Crippen molar-refractivity contribution in [3.05, 3.63) is 47.5 Å². The van der Waals surface area contributed by atoms with Gasteiger partial charge in [0.05, 0.1) is 23.2 Å². The Morgan fingerprint density at radius 3 is 2.82 bits per heavy atom. The van der Waals surface area contributed by atoms with Gasteiger partial charge in [-0.3, -0.25) is 9.69 Å². The average Bonchev–Trinajstić information content (AvgIpc) is 3.38. The topological polar surface area (TPSA) is 95.0 Å². The summed E-state index contributed by atoms with van der Waals surface area (Å²) in [6.45, 7) is 6.61. The van der Waals surface area contributed by atoms with Gasteiger partial charge in [0.15, 0.2) is 11.5 Å². The van der Waals surface area contributed by atoms with Crippen LogP contribution in [0.4, 0.5) is 15.9 Å². The molecule has 11 heteroatoms. The minimum absolute atomic E-state index is 0.00646. The number of benzene rings is 2. The minimum Gasteiger partial charge on any atom is -0.488 e. The molecule has 202 valence electrons. The third-order valence-electron chi connectivity index (χ3n) is 6.34. The first-order valence-corrected chi connectivity index (χ1v) is 13.0. The maximum atomic E-state index is 13.6. The number of fused-ring (bicyclic) bond motifs is 1. The number of nitrogens with zero attached hydrogens (tertiary/aromatic N) is 3. The van der Waals surface area contributed by atoms with Gasteiger partial charge < -0.3 is 24.3 Å². The Balaban J connectivity index is 1.38. The second kappa shape index (κ2) is 11.3. The maximum Gasteiger partial charge on any atom is 0.320 e. The zero-order chi connectivity index (χ0) is 26.7. The fraction of sp³-hybridized carbons (Fsp3) is 0.444. The molecule has 0 radical (unpaired) electrons. The zero-order valence-corrected chi connectivity index (χ0v) is 22.1. The number of ether oxygens (including phenoxy) is 4. The van der Waals surface area contributed by atoms with E-state index in [2.05, 4.69) is 15.3 Å². The number of hydrogen-bond acceptors (Lipinski definition) is 9. The Bertz CT molecular complexity index is 1320. The molecule has 5 rings (SSSR count). The maximum absolute atomic E-state index is 13.6. The van der Waals surface area contributed by atoms with E-state index in [0.29, 0.717) is 60.2 Å². The average molecular weight is 545 g/mol. The Labute approximate surface area is 225 Å². The van der Waals surface area contributed by atoms with E-state index in [9.17, 15) is 9.18 Å². The highest BCUT2D eigenvalue weighted by atomic mass is 35.5. The van der Waals surface area contributed by atoms with Gasteiger partial charge in [-0.25, -0.2) is 14.4 Å². The lowest BCUT2D eigenvalue weighted by molar-refractivity contribution is -0.169. The van der Waals surface area contributed by atoms with Crippen molar-refractivity contribution in [2.75, 3.05) is 44.8 Å². The second-order valence-electron chi connectivity index (χ2n) is 10.0. The molecule has 1 N–H and O–H groups in total. The van der Waals surface area contributed by atoms with E-state index in [0.717, 1.165) is 19.4 Å². The fourth-order valence-electron chi connectivity index (χ4n) is 4.65. The van der Waals surface area contributed by atoms with Crippen LogP contribution < -0.4 is 14.8 Å². The molecule has 2 fully saturated rings. The fourth-order valence-corrected chi connectivity index (χ4v) is 4.83. The first-order chi connectivity index (χ1) is 18.3. The van der Waals surface area contributed by atoms with E-state index in [4.69, 9.17) is 30.5 Å². The summed E-state index contributed by atoms with van der Waals surface area (Å²) in [5.74, 6) is 0.819. The second-order valence-corrected chi connectivity index (χ2v) is 10.4. The number of carbonyl (C=O) groups excluding carboxylic acids is 1. The van der Waals surface area contributed by atoms with Crippen molar-refractivity contribution in [1.29, 1.82) is 0 Å². The number of aromatic nitrogens is 2. The molecular formula is C27H30ClFN4O5. The van der Waals surface area contributed by atoms with Gasteiger partial charge in [-0.2, -0.15) is 0 Å². The largest absolute Gasteiger partial charge is 0.488 e. The van der Waals surface area contributed by atoms with Crippen molar-refractivity contribution in [1.82, 2.24) is 14.9 Å². The highest BCUT2D eigenvalue weighted by Gasteiger charge is 2.32. The third-order valence-corrected chi connectivity index (χ3v) is 6.63. The molecule has 38 heavy (non-hydrogen) atoms. The Hall–Kier alpha value is -3.21. The number of rotatable bonds is 9. The molecule has 9 nitrogen and oxygen atoms in total. The van der Waals surface area contributed by atoms with Crippen molar-refractivity contribution in [2.24, 2.45) is 0 Å². The molecule has 1 aromatic heterocycles. The summed E-state index contributed by atoms with van der Waals surface area (Å²) in [5.41, 5.74) is 0.678. The molecule has 0 bridgehead atoms. The minimum atomic E-state index is -0.547. The highest BCUT2D eigenvalue weighted by Crippen LogP contribution is 2.36. The molecular weight excluding hydrogens is 515 g/mol. The molecule has 2 saturated heterocycles. The van der Waals surface area contributed by atoms with Gasteiger partial charge in [0, 0.05) is 36.8 Å². The summed E-state index contributed by atoms with van der Waals surface area (Å²) in [6.07, 6.45) is 3.43. The van der Waals surface area contributed by atoms with Crippen LogP contribution in [-0.2, 0) is 14.3 Å². The number of cyclic esters (lactones) is 1. The van der Waals surface area contributed by atoms with Gasteiger partial charge >= 0.3 is 5.97 Å². The van der Waals surface area contributed by atoms with Crippen molar-refractivity contribution in [3.8, 4) is 11.5 Å². The summed E-state index contributed by atoms with van der Waals surface area (Å²) in [7, 11) is 0. The normalized spacial score (nSPS) is 19.4. The molecule has 1 atom stereocenters. The van der Waals surface area contributed by atoms with Crippen LogP contribution in [0.2, 0.25) is 5.02 Å². The van der Waals surface area contributed by atoms with E-state index >= 15 is 0 Å². The number of carbonyl (C=O) groups is 1. The quantitative estimate of drug-likeness (QED) is 0.383. The van der Waals surface area contributed by atoms with Crippen molar-refractivity contribution >= 4 is 40.0 Å². The van der Waals surface area contributed by atoms with E-state index < -0.39 is 11.4 Å². The van der Waals surface area contributed by atoms with E-state index in [1.807, 2.05) is 30.9 Å². The molecule has 0 unspecified atom stereocenters. The standard InChI is InChI=1S/C27H30ClFN4O5/c1-27(2)15-33(13-25(34)38-27)7-9-36-23-11-19-22(12-24(23)37-14-18-4-3-8-35-18)30-16-31-26(19)32-17-5-6-21(29)20(28)10-17/h5-6,10-12,16,18H,3-4,7-9,13-15H2,1-2H3,(H,30,31,32)/t18-/m0/s1. The number of hydrogen-bond donors (Lipinski definition) is 1. The van der Waals surface area contributed by atoms with Gasteiger partial charge in [-0.1, -0.05) is 11.6 Å². The van der Waals surface area contributed by atoms with E-state index in [1.54, 1.807) is 6.07 Å². The monoisotopic (exact) mass is 544 g/mol. The summed E-state index contributed by atoms with van der Waals surface area (Å²) < 4.78 is 37.1. The molecule has 2 aliphatic heterocycles. The number of esters is 1. The predicted molar refractivity (Wildman–Crippen MR) is 141 cm³/mol. The molecule has 2 aliphatic rings. The van der Waals surface area contributed by atoms with Crippen LogP contribution in [-0.4, -0.2) is 72.0 Å². The van der Waals surface area contributed by atoms with Gasteiger partial charge in [-0.05, 0) is 51.0 Å². The lowest BCUT2D eigenvalue weighted by atomic mass is 10.1. The molecule has 0 spiro atoms. The van der Waals surface area contributed by atoms with Crippen LogP contribution in [0.5, 0.6) is 11.5 Å².